The zero-order valence-corrected chi connectivity index (χ0v) is 17.1. The lowest BCUT2D eigenvalue weighted by Crippen LogP contribution is -2.17. The topological polar surface area (TPSA) is 91.2 Å². The van der Waals surface area contributed by atoms with Crippen LogP contribution in [0.25, 0.3) is 0 Å². The van der Waals surface area contributed by atoms with Crippen LogP contribution < -0.4 is 10.6 Å². The summed E-state index contributed by atoms with van der Waals surface area (Å²) in [6.45, 7) is 8.31. The van der Waals surface area contributed by atoms with Gasteiger partial charge in [-0.05, 0) is 42.2 Å². The van der Waals surface area contributed by atoms with E-state index in [4.69, 9.17) is 4.74 Å². The highest BCUT2D eigenvalue weighted by molar-refractivity contribution is 6.09. The Bertz CT molecular complexity index is 949. The van der Waals surface area contributed by atoms with Crippen LogP contribution in [0, 0.1) is 11.3 Å². The first-order valence-corrected chi connectivity index (χ1v) is 9.31. The molecule has 0 atom stereocenters. The molecule has 0 spiro atoms. The number of para-hydroxylation sites is 1. The highest BCUT2D eigenvalue weighted by Crippen LogP contribution is 2.23. The number of hydrogen-bond donors (Lipinski definition) is 2. The number of anilines is 2. The molecule has 0 bridgehead atoms. The normalized spacial score (nSPS) is 11.3. The van der Waals surface area contributed by atoms with Gasteiger partial charge in [-0.3, -0.25) is 4.79 Å². The molecule has 0 radical (unpaired) electrons. The van der Waals surface area contributed by atoms with Crippen LogP contribution in [0.4, 0.5) is 11.4 Å². The molecule has 0 aliphatic carbocycles. The van der Waals surface area contributed by atoms with Gasteiger partial charge in [-0.15, -0.1) is 0 Å². The summed E-state index contributed by atoms with van der Waals surface area (Å²) in [5.41, 5.74) is 2.37. The molecule has 6 heteroatoms. The lowest BCUT2D eigenvalue weighted by molar-refractivity contribution is -0.112. The zero-order chi connectivity index (χ0) is 21.4. The SMILES string of the molecule is CCOC(=O)c1ccccc1NC(=O)/C(C#N)=C\Nc1ccc(C(C)(C)C)cc1. The Morgan fingerprint density at radius 1 is 1.10 bits per heavy atom. The molecule has 0 aliphatic heterocycles. The van der Waals surface area contributed by atoms with Crippen LogP contribution in [0.3, 0.4) is 0 Å². The average molecular weight is 391 g/mol. The lowest BCUT2D eigenvalue weighted by atomic mass is 9.87. The van der Waals surface area contributed by atoms with Crippen molar-refractivity contribution in [2.75, 3.05) is 17.2 Å². The molecule has 29 heavy (non-hydrogen) atoms. The highest BCUT2D eigenvalue weighted by Gasteiger charge is 2.16. The number of rotatable bonds is 6. The molecule has 6 nitrogen and oxygen atoms in total. The van der Waals surface area contributed by atoms with E-state index in [1.807, 2.05) is 30.3 Å². The number of nitrogens with zero attached hydrogens (tertiary/aromatic N) is 1. The Morgan fingerprint density at radius 2 is 1.76 bits per heavy atom. The van der Waals surface area contributed by atoms with Gasteiger partial charge in [-0.2, -0.15) is 5.26 Å². The molecule has 0 fully saturated rings. The molecule has 0 aromatic heterocycles. The maximum absolute atomic E-state index is 12.5. The van der Waals surface area contributed by atoms with E-state index in [1.54, 1.807) is 31.2 Å². The molecule has 0 heterocycles. The van der Waals surface area contributed by atoms with Gasteiger partial charge >= 0.3 is 5.97 Å². The van der Waals surface area contributed by atoms with E-state index in [0.29, 0.717) is 0 Å². The van der Waals surface area contributed by atoms with Gasteiger partial charge < -0.3 is 15.4 Å². The van der Waals surface area contributed by atoms with Crippen molar-refractivity contribution in [3.8, 4) is 6.07 Å². The lowest BCUT2D eigenvalue weighted by Gasteiger charge is -2.19. The summed E-state index contributed by atoms with van der Waals surface area (Å²) in [5, 5.41) is 14.9. The van der Waals surface area contributed by atoms with E-state index >= 15 is 0 Å². The second-order valence-corrected chi connectivity index (χ2v) is 7.36. The summed E-state index contributed by atoms with van der Waals surface area (Å²) in [7, 11) is 0. The van der Waals surface area contributed by atoms with Gasteiger partial charge in [0.05, 0.1) is 17.9 Å². The second-order valence-electron chi connectivity index (χ2n) is 7.36. The monoisotopic (exact) mass is 391 g/mol. The summed E-state index contributed by atoms with van der Waals surface area (Å²) >= 11 is 0. The third kappa shape index (κ3) is 5.94. The van der Waals surface area contributed by atoms with E-state index in [9.17, 15) is 14.9 Å². The fourth-order valence-corrected chi connectivity index (χ4v) is 2.54. The maximum Gasteiger partial charge on any atom is 0.340 e. The van der Waals surface area contributed by atoms with Crippen LogP contribution in [-0.2, 0) is 14.9 Å². The number of carbonyl (C=O) groups excluding carboxylic acids is 2. The highest BCUT2D eigenvalue weighted by atomic mass is 16.5. The molecule has 2 aromatic rings. The fourth-order valence-electron chi connectivity index (χ4n) is 2.54. The Hall–Kier alpha value is -3.59. The van der Waals surface area contributed by atoms with E-state index in [-0.39, 0.29) is 28.8 Å². The van der Waals surface area contributed by atoms with Crippen LogP contribution in [0.1, 0.15) is 43.6 Å². The van der Waals surface area contributed by atoms with Gasteiger partial charge in [0, 0.05) is 11.9 Å². The maximum atomic E-state index is 12.5. The molecule has 0 saturated heterocycles. The Balaban J connectivity index is 2.13. The average Bonchev–Trinajstić information content (AvgIpc) is 2.68. The minimum Gasteiger partial charge on any atom is -0.462 e. The number of nitrogens with one attached hydrogen (secondary N) is 2. The minimum absolute atomic E-state index is 0.0401. The largest absolute Gasteiger partial charge is 0.462 e. The van der Waals surface area contributed by atoms with Gasteiger partial charge in [0.15, 0.2) is 0 Å². The third-order valence-corrected chi connectivity index (χ3v) is 4.17. The quantitative estimate of drug-likeness (QED) is 0.426. The van der Waals surface area contributed by atoms with E-state index in [1.165, 1.54) is 11.8 Å². The van der Waals surface area contributed by atoms with Gasteiger partial charge in [0.2, 0.25) is 0 Å². The first kappa shape index (κ1) is 21.7. The Morgan fingerprint density at radius 3 is 2.34 bits per heavy atom. The van der Waals surface area contributed by atoms with E-state index in [2.05, 4.69) is 31.4 Å². The van der Waals surface area contributed by atoms with Gasteiger partial charge in [-0.1, -0.05) is 45.0 Å². The van der Waals surface area contributed by atoms with E-state index in [0.717, 1.165) is 5.69 Å². The number of benzene rings is 2. The number of ether oxygens (including phenoxy) is 1. The summed E-state index contributed by atoms with van der Waals surface area (Å²) in [4.78, 5) is 24.5. The third-order valence-electron chi connectivity index (χ3n) is 4.17. The number of nitriles is 1. The summed E-state index contributed by atoms with van der Waals surface area (Å²) in [6, 6.07) is 16.1. The number of esters is 1. The molecule has 0 aliphatic rings. The van der Waals surface area contributed by atoms with Crippen molar-refractivity contribution in [2.45, 2.75) is 33.1 Å². The molecule has 2 aromatic carbocycles. The van der Waals surface area contributed by atoms with Crippen molar-refractivity contribution < 1.29 is 14.3 Å². The molecule has 2 rings (SSSR count). The van der Waals surface area contributed by atoms with Crippen molar-refractivity contribution in [2.24, 2.45) is 0 Å². The number of carbonyl (C=O) groups is 2. The van der Waals surface area contributed by atoms with Gasteiger partial charge in [-0.25, -0.2) is 4.79 Å². The van der Waals surface area contributed by atoms with Crippen molar-refractivity contribution in [1.82, 2.24) is 0 Å². The number of amides is 1. The standard InChI is InChI=1S/C23H25N3O3/c1-5-29-22(28)19-8-6-7-9-20(19)26-21(27)16(14-24)15-25-18-12-10-17(11-13-18)23(2,3)4/h6-13,15,25H,5H2,1-4H3,(H,26,27)/b16-15-. The van der Waals surface area contributed by atoms with Crippen molar-refractivity contribution in [3.63, 3.8) is 0 Å². The van der Waals surface area contributed by atoms with E-state index < -0.39 is 11.9 Å². The van der Waals surface area contributed by atoms with Crippen LogP contribution in [0.15, 0.2) is 60.3 Å². The Labute approximate surface area is 171 Å². The van der Waals surface area contributed by atoms with Gasteiger partial charge in [0.25, 0.3) is 5.91 Å². The first-order valence-electron chi connectivity index (χ1n) is 9.31. The van der Waals surface area contributed by atoms with Crippen LogP contribution in [0.2, 0.25) is 0 Å². The van der Waals surface area contributed by atoms with Crippen molar-refractivity contribution >= 4 is 23.3 Å². The molecule has 0 unspecified atom stereocenters. The van der Waals surface area contributed by atoms with Crippen LogP contribution in [0.5, 0.6) is 0 Å². The fraction of sp³-hybridized carbons (Fsp3) is 0.261. The smallest absolute Gasteiger partial charge is 0.340 e. The molecule has 0 saturated carbocycles. The first-order chi connectivity index (χ1) is 13.8. The molecular weight excluding hydrogens is 366 g/mol. The second kappa shape index (κ2) is 9.56. The predicted octanol–water partition coefficient (Wildman–Crippen LogP) is 4.62. The molecule has 1 amide bonds. The molecule has 2 N–H and O–H groups in total. The molecule has 150 valence electrons. The van der Waals surface area contributed by atoms with Gasteiger partial charge in [0.1, 0.15) is 11.6 Å². The summed E-state index contributed by atoms with van der Waals surface area (Å²) in [6.07, 6.45) is 1.34. The van der Waals surface area contributed by atoms with Crippen molar-refractivity contribution in [1.29, 1.82) is 5.26 Å². The minimum atomic E-state index is -0.622. The summed E-state index contributed by atoms with van der Waals surface area (Å²) < 4.78 is 4.99. The predicted molar refractivity (Wildman–Crippen MR) is 113 cm³/mol. The van der Waals surface area contributed by atoms with Crippen LogP contribution >= 0.6 is 0 Å². The Kier molecular flexibility index (Phi) is 7.15. The molecular formula is C23H25N3O3. The van der Waals surface area contributed by atoms with Crippen molar-refractivity contribution in [3.05, 3.63) is 71.4 Å². The zero-order valence-electron chi connectivity index (χ0n) is 17.1. The van der Waals surface area contributed by atoms with Crippen LogP contribution in [-0.4, -0.2) is 18.5 Å². The summed E-state index contributed by atoms with van der Waals surface area (Å²) in [5.74, 6) is -1.16. The number of hydrogen-bond acceptors (Lipinski definition) is 5.